The zero-order valence-corrected chi connectivity index (χ0v) is 9.60. The predicted molar refractivity (Wildman–Crippen MR) is 64.4 cm³/mol. The summed E-state index contributed by atoms with van der Waals surface area (Å²) in [6, 6.07) is 0. The average Bonchev–Trinajstić information content (AvgIpc) is 2.56. The molecule has 2 rings (SSSR count). The Hall–Kier alpha value is -0.570. The zero-order valence-electron chi connectivity index (χ0n) is 9.60. The Bertz CT molecular complexity index is 207. The Balaban J connectivity index is 1.69. The van der Waals surface area contributed by atoms with Gasteiger partial charge in [0.2, 0.25) is 0 Å². The van der Waals surface area contributed by atoms with Crippen LogP contribution in [0.15, 0.2) is 4.99 Å². The van der Waals surface area contributed by atoms with Crippen molar-refractivity contribution in [2.24, 2.45) is 10.9 Å². The minimum absolute atomic E-state index is 0.859. The molecular formula is C12H23N3. The molecule has 0 unspecified atom stereocenters. The number of hydrogen-bond donors (Lipinski definition) is 2. The van der Waals surface area contributed by atoms with Crippen LogP contribution in [0.1, 0.15) is 38.5 Å². The minimum atomic E-state index is 0.859. The van der Waals surface area contributed by atoms with E-state index in [1.54, 1.807) is 0 Å². The smallest absolute Gasteiger partial charge is 0.0963 e. The lowest BCUT2D eigenvalue weighted by molar-refractivity contribution is 0.371. The molecule has 0 saturated carbocycles. The quantitative estimate of drug-likeness (QED) is 0.724. The Morgan fingerprint density at radius 1 is 1.20 bits per heavy atom. The van der Waals surface area contributed by atoms with Crippen LogP contribution < -0.4 is 10.6 Å². The van der Waals surface area contributed by atoms with Gasteiger partial charge in [0.25, 0.3) is 0 Å². The largest absolute Gasteiger partial charge is 0.374 e. The molecule has 0 amide bonds. The van der Waals surface area contributed by atoms with E-state index < -0.39 is 0 Å². The maximum atomic E-state index is 4.60. The number of aliphatic imine (C=N–C) groups is 1. The first-order chi connectivity index (χ1) is 7.45. The van der Waals surface area contributed by atoms with Gasteiger partial charge in [0.15, 0.2) is 0 Å². The van der Waals surface area contributed by atoms with E-state index in [0.29, 0.717) is 0 Å². The van der Waals surface area contributed by atoms with Gasteiger partial charge < -0.3 is 10.6 Å². The molecule has 0 aromatic heterocycles. The van der Waals surface area contributed by atoms with Crippen LogP contribution in [0.3, 0.4) is 0 Å². The van der Waals surface area contributed by atoms with E-state index in [9.17, 15) is 0 Å². The van der Waals surface area contributed by atoms with E-state index >= 15 is 0 Å². The topological polar surface area (TPSA) is 36.4 Å². The molecule has 1 fully saturated rings. The minimum Gasteiger partial charge on any atom is -0.374 e. The van der Waals surface area contributed by atoms with Crippen LogP contribution in [-0.2, 0) is 0 Å². The number of hydrogen-bond acceptors (Lipinski definition) is 3. The lowest BCUT2D eigenvalue weighted by Crippen LogP contribution is -2.35. The Kier molecular flexibility index (Phi) is 4.45. The summed E-state index contributed by atoms with van der Waals surface area (Å²) >= 11 is 0. The van der Waals surface area contributed by atoms with E-state index in [4.69, 9.17) is 0 Å². The molecule has 0 spiro atoms. The molecule has 0 atom stereocenters. The van der Waals surface area contributed by atoms with Gasteiger partial charge in [-0.3, -0.25) is 4.99 Å². The van der Waals surface area contributed by atoms with Crippen molar-refractivity contribution in [3.8, 4) is 0 Å². The zero-order chi connectivity index (χ0) is 10.3. The van der Waals surface area contributed by atoms with Gasteiger partial charge in [0.05, 0.1) is 5.84 Å². The van der Waals surface area contributed by atoms with Gasteiger partial charge in [-0.05, 0) is 44.7 Å². The van der Waals surface area contributed by atoms with Crippen LogP contribution in [-0.4, -0.2) is 32.0 Å². The molecule has 0 aliphatic carbocycles. The van der Waals surface area contributed by atoms with Gasteiger partial charge in [0, 0.05) is 19.5 Å². The highest BCUT2D eigenvalue weighted by atomic mass is 15.0. The molecule has 15 heavy (non-hydrogen) atoms. The SMILES string of the molecule is C1CCN=C(NCC2CCNCC2)CC1. The third-order valence-electron chi connectivity index (χ3n) is 3.43. The molecule has 3 nitrogen and oxygen atoms in total. The van der Waals surface area contributed by atoms with Crippen molar-refractivity contribution in [3.05, 3.63) is 0 Å². The van der Waals surface area contributed by atoms with Gasteiger partial charge in [0.1, 0.15) is 0 Å². The Morgan fingerprint density at radius 3 is 2.93 bits per heavy atom. The number of rotatable bonds is 2. The fourth-order valence-corrected chi connectivity index (χ4v) is 2.37. The molecule has 2 heterocycles. The molecule has 0 aromatic carbocycles. The summed E-state index contributed by atoms with van der Waals surface area (Å²) in [5.74, 6) is 2.13. The first kappa shape index (κ1) is 10.9. The van der Waals surface area contributed by atoms with Crippen LogP contribution in [0.4, 0.5) is 0 Å². The van der Waals surface area contributed by atoms with E-state index in [2.05, 4.69) is 15.6 Å². The van der Waals surface area contributed by atoms with E-state index in [0.717, 1.165) is 19.0 Å². The summed E-state index contributed by atoms with van der Waals surface area (Å²) in [6.07, 6.45) is 7.75. The summed E-state index contributed by atoms with van der Waals surface area (Å²) in [6.45, 7) is 4.56. The molecule has 86 valence electrons. The molecule has 2 aliphatic heterocycles. The van der Waals surface area contributed by atoms with Gasteiger partial charge >= 0.3 is 0 Å². The first-order valence-electron chi connectivity index (χ1n) is 6.43. The van der Waals surface area contributed by atoms with Gasteiger partial charge in [-0.15, -0.1) is 0 Å². The van der Waals surface area contributed by atoms with Crippen molar-refractivity contribution in [1.29, 1.82) is 0 Å². The second kappa shape index (κ2) is 6.11. The molecular weight excluding hydrogens is 186 g/mol. The van der Waals surface area contributed by atoms with E-state index in [1.165, 1.54) is 57.5 Å². The molecule has 0 aromatic rings. The van der Waals surface area contributed by atoms with E-state index in [-0.39, 0.29) is 0 Å². The normalized spacial score (nSPS) is 24.4. The first-order valence-corrected chi connectivity index (χ1v) is 6.43. The van der Waals surface area contributed by atoms with Gasteiger partial charge in [-0.1, -0.05) is 6.42 Å². The summed E-state index contributed by atoms with van der Waals surface area (Å²) < 4.78 is 0. The van der Waals surface area contributed by atoms with Crippen molar-refractivity contribution in [2.75, 3.05) is 26.2 Å². The Morgan fingerprint density at radius 2 is 2.07 bits per heavy atom. The van der Waals surface area contributed by atoms with Gasteiger partial charge in [-0.2, -0.15) is 0 Å². The molecule has 0 bridgehead atoms. The van der Waals surface area contributed by atoms with E-state index in [1.807, 2.05) is 0 Å². The Labute approximate surface area is 92.7 Å². The van der Waals surface area contributed by atoms with Crippen LogP contribution in [0.2, 0.25) is 0 Å². The average molecular weight is 209 g/mol. The fourth-order valence-electron chi connectivity index (χ4n) is 2.37. The molecule has 0 radical (unpaired) electrons. The molecule has 3 heteroatoms. The standard InChI is InChI=1S/C12H23N3/c1-2-4-12(14-7-3-1)15-10-11-5-8-13-9-6-11/h11,13H,1-10H2,(H,14,15). The van der Waals surface area contributed by atoms with Crippen molar-refractivity contribution < 1.29 is 0 Å². The number of amidine groups is 1. The number of piperidine rings is 1. The van der Waals surface area contributed by atoms with Crippen LogP contribution in [0, 0.1) is 5.92 Å². The highest BCUT2D eigenvalue weighted by molar-refractivity contribution is 5.82. The molecule has 2 N–H and O–H groups in total. The number of nitrogens with zero attached hydrogens (tertiary/aromatic N) is 1. The summed E-state index contributed by atoms with van der Waals surface area (Å²) in [4.78, 5) is 4.60. The lowest BCUT2D eigenvalue weighted by Gasteiger charge is -2.23. The third-order valence-corrected chi connectivity index (χ3v) is 3.43. The third kappa shape index (κ3) is 3.82. The fraction of sp³-hybridized carbons (Fsp3) is 0.917. The summed E-state index contributed by atoms with van der Waals surface area (Å²) in [7, 11) is 0. The van der Waals surface area contributed by atoms with Gasteiger partial charge in [-0.25, -0.2) is 0 Å². The van der Waals surface area contributed by atoms with Crippen molar-refractivity contribution >= 4 is 5.84 Å². The molecule has 2 aliphatic rings. The van der Waals surface area contributed by atoms with Crippen LogP contribution in [0.5, 0.6) is 0 Å². The lowest BCUT2D eigenvalue weighted by atomic mass is 9.98. The number of nitrogens with one attached hydrogen (secondary N) is 2. The summed E-state index contributed by atoms with van der Waals surface area (Å²) in [5, 5.41) is 6.96. The molecule has 1 saturated heterocycles. The maximum Gasteiger partial charge on any atom is 0.0963 e. The van der Waals surface area contributed by atoms with Crippen molar-refractivity contribution in [3.63, 3.8) is 0 Å². The monoisotopic (exact) mass is 209 g/mol. The second-order valence-electron chi connectivity index (χ2n) is 4.71. The van der Waals surface area contributed by atoms with Crippen LogP contribution in [0.25, 0.3) is 0 Å². The second-order valence-corrected chi connectivity index (χ2v) is 4.71. The summed E-state index contributed by atoms with van der Waals surface area (Å²) in [5.41, 5.74) is 0. The van der Waals surface area contributed by atoms with Crippen molar-refractivity contribution in [1.82, 2.24) is 10.6 Å². The highest BCUT2D eigenvalue weighted by Crippen LogP contribution is 2.11. The maximum absolute atomic E-state index is 4.60. The van der Waals surface area contributed by atoms with Crippen LogP contribution >= 0.6 is 0 Å². The predicted octanol–water partition coefficient (Wildman–Crippen LogP) is 1.55. The van der Waals surface area contributed by atoms with Crippen molar-refractivity contribution in [2.45, 2.75) is 38.5 Å². The highest BCUT2D eigenvalue weighted by Gasteiger charge is 2.13.